The lowest BCUT2D eigenvalue weighted by molar-refractivity contribution is -0.133. The summed E-state index contributed by atoms with van der Waals surface area (Å²) in [5, 5.41) is 17.7. The number of anilines is 1. The van der Waals surface area contributed by atoms with Gasteiger partial charge < -0.3 is 14.7 Å². The number of ether oxygens (including phenoxy) is 1. The normalized spacial score (nSPS) is 16.1. The molecule has 1 fully saturated rings. The van der Waals surface area contributed by atoms with Gasteiger partial charge in [-0.1, -0.05) is 11.8 Å². The quantitative estimate of drug-likeness (QED) is 0.804. The minimum atomic E-state index is -0.851. The van der Waals surface area contributed by atoms with Crippen molar-refractivity contribution in [3.8, 4) is 0 Å². The van der Waals surface area contributed by atoms with Crippen LogP contribution in [0.25, 0.3) is 0 Å². The molecule has 1 aliphatic rings. The van der Waals surface area contributed by atoms with E-state index in [0.29, 0.717) is 18.4 Å². The molecule has 0 amide bonds. The summed E-state index contributed by atoms with van der Waals surface area (Å²) in [5.41, 5.74) is 0. The molecule has 106 valence electrons. The lowest BCUT2D eigenvalue weighted by atomic mass is 10.4. The highest BCUT2D eigenvalue weighted by Crippen LogP contribution is 2.26. The van der Waals surface area contributed by atoms with Crippen molar-refractivity contribution in [3.05, 3.63) is 0 Å². The van der Waals surface area contributed by atoms with Crippen LogP contribution in [-0.4, -0.2) is 57.9 Å². The number of carboxylic acids is 1. The molecule has 2 heterocycles. The molecule has 19 heavy (non-hydrogen) atoms. The molecular formula is C11H18N4O3S. The van der Waals surface area contributed by atoms with Gasteiger partial charge in [0.15, 0.2) is 5.16 Å². The fourth-order valence-corrected chi connectivity index (χ4v) is 2.71. The first kappa shape index (κ1) is 14.1. The number of carbonyl (C=O) groups is 1. The first-order valence-electron chi connectivity index (χ1n) is 6.21. The molecule has 0 atom stereocenters. The molecule has 1 aromatic heterocycles. The maximum Gasteiger partial charge on any atom is 0.313 e. The van der Waals surface area contributed by atoms with Gasteiger partial charge in [0, 0.05) is 19.1 Å². The zero-order valence-corrected chi connectivity index (χ0v) is 11.9. The number of rotatable bonds is 5. The van der Waals surface area contributed by atoms with E-state index in [4.69, 9.17) is 9.84 Å². The summed E-state index contributed by atoms with van der Waals surface area (Å²) in [6.45, 7) is 7.02. The Kier molecular flexibility index (Phi) is 4.65. The smallest absolute Gasteiger partial charge is 0.313 e. The van der Waals surface area contributed by atoms with E-state index in [2.05, 4.69) is 15.1 Å². The van der Waals surface area contributed by atoms with Gasteiger partial charge >= 0.3 is 5.97 Å². The van der Waals surface area contributed by atoms with Gasteiger partial charge in [-0.05, 0) is 13.8 Å². The topological polar surface area (TPSA) is 80.5 Å². The summed E-state index contributed by atoms with van der Waals surface area (Å²) in [7, 11) is 0. The molecule has 0 radical (unpaired) electrons. The number of aromatic nitrogens is 3. The third-order valence-electron chi connectivity index (χ3n) is 2.78. The first-order chi connectivity index (χ1) is 9.09. The van der Waals surface area contributed by atoms with E-state index >= 15 is 0 Å². The highest BCUT2D eigenvalue weighted by atomic mass is 32.2. The molecule has 0 aliphatic carbocycles. The van der Waals surface area contributed by atoms with Crippen molar-refractivity contribution in [1.29, 1.82) is 0 Å². The van der Waals surface area contributed by atoms with Crippen molar-refractivity contribution in [3.63, 3.8) is 0 Å². The number of aliphatic carboxylic acids is 1. The standard InChI is InChI=1S/C11H18N4O3S/c1-8(2)15-10(14-3-5-18-6-4-14)12-13-11(15)19-7-9(16)17/h8H,3-7H2,1-2H3,(H,16,17). The van der Waals surface area contributed by atoms with Crippen molar-refractivity contribution in [1.82, 2.24) is 14.8 Å². The number of nitrogens with zero attached hydrogens (tertiary/aromatic N) is 4. The minimum absolute atomic E-state index is 0.00599. The van der Waals surface area contributed by atoms with Crippen LogP contribution < -0.4 is 4.90 Å². The Bertz CT molecular complexity index is 443. The van der Waals surface area contributed by atoms with Crippen LogP contribution in [0.5, 0.6) is 0 Å². The zero-order chi connectivity index (χ0) is 13.8. The highest BCUT2D eigenvalue weighted by molar-refractivity contribution is 7.99. The fourth-order valence-electron chi connectivity index (χ4n) is 1.92. The second kappa shape index (κ2) is 6.25. The van der Waals surface area contributed by atoms with E-state index in [1.807, 2.05) is 18.4 Å². The van der Waals surface area contributed by atoms with Gasteiger partial charge in [-0.3, -0.25) is 9.36 Å². The Balaban J connectivity index is 2.20. The SMILES string of the molecule is CC(C)n1c(SCC(=O)O)nnc1N1CCOCC1. The predicted molar refractivity (Wildman–Crippen MR) is 71.8 cm³/mol. The number of carboxylic acid groups (broad SMARTS) is 1. The van der Waals surface area contributed by atoms with Crippen LogP contribution in [0.2, 0.25) is 0 Å². The second-order valence-corrected chi connectivity index (χ2v) is 5.47. The first-order valence-corrected chi connectivity index (χ1v) is 7.20. The van der Waals surface area contributed by atoms with E-state index < -0.39 is 5.97 Å². The van der Waals surface area contributed by atoms with Crippen LogP contribution in [0.1, 0.15) is 19.9 Å². The van der Waals surface area contributed by atoms with Crippen LogP contribution in [-0.2, 0) is 9.53 Å². The van der Waals surface area contributed by atoms with Gasteiger partial charge in [0.2, 0.25) is 5.95 Å². The molecule has 2 rings (SSSR count). The Hall–Kier alpha value is -1.28. The Morgan fingerprint density at radius 2 is 2.11 bits per heavy atom. The number of hydrogen-bond donors (Lipinski definition) is 1. The Morgan fingerprint density at radius 1 is 1.42 bits per heavy atom. The van der Waals surface area contributed by atoms with Crippen LogP contribution in [0.3, 0.4) is 0 Å². The molecule has 0 spiro atoms. The van der Waals surface area contributed by atoms with E-state index in [0.717, 1.165) is 19.0 Å². The number of hydrogen-bond acceptors (Lipinski definition) is 6. The van der Waals surface area contributed by atoms with Crippen LogP contribution in [0.15, 0.2) is 5.16 Å². The molecule has 1 N–H and O–H groups in total. The van der Waals surface area contributed by atoms with E-state index in [9.17, 15) is 4.79 Å². The Labute approximate surface area is 115 Å². The van der Waals surface area contributed by atoms with Crippen molar-refractivity contribution < 1.29 is 14.6 Å². The fraction of sp³-hybridized carbons (Fsp3) is 0.727. The highest BCUT2D eigenvalue weighted by Gasteiger charge is 2.22. The summed E-state index contributed by atoms with van der Waals surface area (Å²) in [6.07, 6.45) is 0. The van der Waals surface area contributed by atoms with Gasteiger partial charge in [0.05, 0.1) is 19.0 Å². The molecule has 0 saturated carbocycles. The summed E-state index contributed by atoms with van der Waals surface area (Å²) in [5.74, 6) is -0.0593. The van der Waals surface area contributed by atoms with Crippen molar-refractivity contribution in [2.24, 2.45) is 0 Å². The third kappa shape index (κ3) is 3.38. The van der Waals surface area contributed by atoms with E-state index in [1.165, 1.54) is 11.8 Å². The average molecular weight is 286 g/mol. The Morgan fingerprint density at radius 3 is 2.68 bits per heavy atom. The second-order valence-electron chi connectivity index (χ2n) is 4.53. The maximum atomic E-state index is 10.7. The molecule has 1 aromatic rings. The minimum Gasteiger partial charge on any atom is -0.481 e. The molecular weight excluding hydrogens is 268 g/mol. The number of morpholine rings is 1. The average Bonchev–Trinajstić information content (AvgIpc) is 2.81. The summed E-state index contributed by atoms with van der Waals surface area (Å²) >= 11 is 1.20. The molecule has 0 bridgehead atoms. The van der Waals surface area contributed by atoms with Gasteiger partial charge in [0.25, 0.3) is 0 Å². The molecule has 1 aliphatic heterocycles. The predicted octanol–water partition coefficient (Wildman–Crippen LogP) is 0.872. The largest absolute Gasteiger partial charge is 0.481 e. The van der Waals surface area contributed by atoms with Crippen molar-refractivity contribution in [2.45, 2.75) is 25.0 Å². The van der Waals surface area contributed by atoms with E-state index in [-0.39, 0.29) is 11.8 Å². The van der Waals surface area contributed by atoms with Gasteiger partial charge in [-0.15, -0.1) is 10.2 Å². The molecule has 0 unspecified atom stereocenters. The van der Waals surface area contributed by atoms with Gasteiger partial charge in [-0.25, -0.2) is 0 Å². The van der Waals surface area contributed by atoms with Crippen molar-refractivity contribution in [2.75, 3.05) is 37.0 Å². The van der Waals surface area contributed by atoms with E-state index in [1.54, 1.807) is 0 Å². The van der Waals surface area contributed by atoms with Crippen LogP contribution in [0.4, 0.5) is 5.95 Å². The number of thioether (sulfide) groups is 1. The van der Waals surface area contributed by atoms with Crippen LogP contribution >= 0.6 is 11.8 Å². The zero-order valence-electron chi connectivity index (χ0n) is 11.1. The third-order valence-corrected chi connectivity index (χ3v) is 3.71. The van der Waals surface area contributed by atoms with Crippen molar-refractivity contribution >= 4 is 23.7 Å². The molecule has 7 nitrogen and oxygen atoms in total. The molecule has 0 aromatic carbocycles. The molecule has 1 saturated heterocycles. The van der Waals surface area contributed by atoms with Crippen LogP contribution in [0, 0.1) is 0 Å². The lowest BCUT2D eigenvalue weighted by Crippen LogP contribution is -2.38. The van der Waals surface area contributed by atoms with Gasteiger partial charge in [0.1, 0.15) is 0 Å². The maximum absolute atomic E-state index is 10.7. The summed E-state index contributed by atoms with van der Waals surface area (Å²) in [6, 6.07) is 0.184. The molecule has 8 heteroatoms. The summed E-state index contributed by atoms with van der Waals surface area (Å²) < 4.78 is 7.31. The van der Waals surface area contributed by atoms with Gasteiger partial charge in [-0.2, -0.15) is 0 Å². The lowest BCUT2D eigenvalue weighted by Gasteiger charge is -2.28. The monoisotopic (exact) mass is 286 g/mol. The summed E-state index contributed by atoms with van der Waals surface area (Å²) in [4.78, 5) is 12.8.